The van der Waals surface area contributed by atoms with Crippen molar-refractivity contribution >= 4 is 5.97 Å². The third-order valence-electron chi connectivity index (χ3n) is 0.553. The van der Waals surface area contributed by atoms with Crippen molar-refractivity contribution in [3.05, 3.63) is 12.2 Å². The molecule has 0 aromatic rings. The van der Waals surface area contributed by atoms with E-state index in [1.54, 1.807) is 0 Å². The summed E-state index contributed by atoms with van der Waals surface area (Å²) in [5.41, 5.74) is 0.0648. The number of carbonyl (C=O) groups excluding carboxylic acids is 1. The first kappa shape index (κ1) is 12.8. The van der Waals surface area contributed by atoms with Crippen LogP contribution in [-0.4, -0.2) is 19.2 Å². The van der Waals surface area contributed by atoms with Gasteiger partial charge in [-0.15, -0.1) is 0 Å². The molecule has 0 bridgehead atoms. The maximum atomic E-state index is 9.49. The van der Waals surface area contributed by atoms with Crippen molar-refractivity contribution < 1.29 is 44.2 Å². The van der Waals surface area contributed by atoms with E-state index < -0.39 is 5.97 Å². The van der Waals surface area contributed by atoms with E-state index in [2.05, 4.69) is 11.3 Å². The largest absolute Gasteiger partial charge is 1.00 e. The molecule has 1 aliphatic heterocycles. The Kier molecular flexibility index (Phi) is 9.33. The van der Waals surface area contributed by atoms with Crippen LogP contribution in [0.2, 0.25) is 0 Å². The van der Waals surface area contributed by atoms with Gasteiger partial charge in [-0.05, 0) is 12.5 Å². The van der Waals surface area contributed by atoms with Crippen LogP contribution in [0.5, 0.6) is 0 Å². The first-order valence-corrected chi connectivity index (χ1v) is 2.59. The van der Waals surface area contributed by atoms with Gasteiger partial charge in [0.1, 0.15) is 0 Å². The van der Waals surface area contributed by atoms with Gasteiger partial charge in [0.25, 0.3) is 0 Å². The predicted octanol–water partition coefficient (Wildman–Crippen LogP) is -3.67. The van der Waals surface area contributed by atoms with E-state index in [-0.39, 0.29) is 35.1 Å². The van der Waals surface area contributed by atoms with Crippen LogP contribution in [-0.2, 0) is 9.53 Å². The molecular weight excluding hydrogens is 143 g/mol. The molecule has 1 heterocycles. The van der Waals surface area contributed by atoms with Crippen LogP contribution < -0.4 is 34.7 Å². The fraction of sp³-hybridized carbons (Fsp3) is 0.500. The summed E-state index contributed by atoms with van der Waals surface area (Å²) in [4.78, 5) is 9.49. The second-order valence-electron chi connectivity index (χ2n) is 1.68. The zero-order valence-corrected chi connectivity index (χ0v) is 8.35. The predicted molar refractivity (Wildman–Crippen MR) is 30.6 cm³/mol. The van der Waals surface area contributed by atoms with E-state index in [9.17, 15) is 9.90 Å². The van der Waals surface area contributed by atoms with Crippen LogP contribution >= 0.6 is 0 Å². The summed E-state index contributed by atoms with van der Waals surface area (Å²) in [5, 5.41) is 9.49. The van der Waals surface area contributed by atoms with Gasteiger partial charge in [0.05, 0.1) is 19.2 Å². The molecule has 4 heteroatoms. The minimum atomic E-state index is -1.19. The SMILES string of the molecule is C1CO1.C=C(C)C(=O)[O-].[Na+]. The number of carboxylic acids is 1. The molecule has 3 nitrogen and oxygen atoms in total. The normalized spacial score (nSPS) is 11.7. The maximum Gasteiger partial charge on any atom is 1.00 e. The summed E-state index contributed by atoms with van der Waals surface area (Å²) in [6, 6.07) is 0. The fourth-order valence-electron chi connectivity index (χ4n) is 0. The van der Waals surface area contributed by atoms with Crippen LogP contribution in [0.4, 0.5) is 0 Å². The Balaban J connectivity index is 0. The van der Waals surface area contributed by atoms with Gasteiger partial charge in [0.15, 0.2) is 0 Å². The second-order valence-corrected chi connectivity index (χ2v) is 1.68. The second kappa shape index (κ2) is 7.28. The van der Waals surface area contributed by atoms with Gasteiger partial charge >= 0.3 is 29.6 Å². The number of carboxylic acid groups (broad SMARTS) is 1. The van der Waals surface area contributed by atoms with Gasteiger partial charge in [-0.25, -0.2) is 0 Å². The number of hydrogen-bond acceptors (Lipinski definition) is 3. The smallest absolute Gasteiger partial charge is 0.545 e. The van der Waals surface area contributed by atoms with E-state index in [4.69, 9.17) is 0 Å². The van der Waals surface area contributed by atoms with Gasteiger partial charge in [0.2, 0.25) is 0 Å². The van der Waals surface area contributed by atoms with Crippen molar-refractivity contribution in [3.8, 4) is 0 Å². The van der Waals surface area contributed by atoms with Gasteiger partial charge < -0.3 is 14.6 Å². The molecule has 52 valence electrons. The molecule has 10 heavy (non-hydrogen) atoms. The number of aliphatic carboxylic acids is 1. The molecule has 0 aliphatic carbocycles. The number of rotatable bonds is 1. The van der Waals surface area contributed by atoms with Crippen LogP contribution in [0.3, 0.4) is 0 Å². The molecule has 0 aromatic heterocycles. The van der Waals surface area contributed by atoms with Gasteiger partial charge in [-0.3, -0.25) is 0 Å². The summed E-state index contributed by atoms with van der Waals surface area (Å²) >= 11 is 0. The molecule has 0 saturated carbocycles. The van der Waals surface area contributed by atoms with Gasteiger partial charge in [0, 0.05) is 0 Å². The Morgan fingerprint density at radius 1 is 1.60 bits per heavy atom. The van der Waals surface area contributed by atoms with E-state index >= 15 is 0 Å². The van der Waals surface area contributed by atoms with E-state index in [1.165, 1.54) is 6.92 Å². The van der Waals surface area contributed by atoms with E-state index in [1.807, 2.05) is 0 Å². The zero-order chi connectivity index (χ0) is 7.28. The Labute approximate surface area is 82.4 Å². The van der Waals surface area contributed by atoms with Crippen LogP contribution in [0.1, 0.15) is 6.92 Å². The fourth-order valence-corrected chi connectivity index (χ4v) is 0. The van der Waals surface area contributed by atoms with Crippen LogP contribution in [0.25, 0.3) is 0 Å². The van der Waals surface area contributed by atoms with Crippen molar-refractivity contribution in [2.45, 2.75) is 6.92 Å². The molecule has 0 atom stereocenters. The standard InChI is InChI=1S/C4H6O2.C2H4O.Na/c1-3(2)4(5)6;1-2-3-1;/h1H2,2H3,(H,5,6);1-2H2;/q;;+1/p-1. The minimum Gasteiger partial charge on any atom is -0.545 e. The summed E-state index contributed by atoms with van der Waals surface area (Å²) < 4.78 is 4.50. The monoisotopic (exact) mass is 152 g/mol. The first-order chi connectivity index (χ1) is 4.14. The number of epoxide rings is 1. The summed E-state index contributed by atoms with van der Waals surface area (Å²) in [7, 11) is 0. The molecule has 0 unspecified atom stereocenters. The molecule has 0 N–H and O–H groups in total. The summed E-state index contributed by atoms with van der Waals surface area (Å²) in [6.07, 6.45) is 0. The van der Waals surface area contributed by atoms with Crippen molar-refractivity contribution in [3.63, 3.8) is 0 Å². The third-order valence-corrected chi connectivity index (χ3v) is 0.553. The Hall–Kier alpha value is 0.170. The minimum absolute atomic E-state index is 0. The Morgan fingerprint density at radius 2 is 1.80 bits per heavy atom. The first-order valence-electron chi connectivity index (χ1n) is 2.59. The van der Waals surface area contributed by atoms with E-state index in [0.717, 1.165) is 13.2 Å². The molecule has 0 radical (unpaired) electrons. The number of ether oxygens (including phenoxy) is 1. The molecule has 1 saturated heterocycles. The van der Waals surface area contributed by atoms with Crippen molar-refractivity contribution in [1.82, 2.24) is 0 Å². The molecule has 1 fully saturated rings. The molecule has 0 aromatic carbocycles. The molecule has 1 rings (SSSR count). The summed E-state index contributed by atoms with van der Waals surface area (Å²) in [5.74, 6) is -1.19. The Bertz CT molecular complexity index is 105. The molecule has 1 aliphatic rings. The topological polar surface area (TPSA) is 52.7 Å². The quantitative estimate of drug-likeness (QED) is 0.221. The van der Waals surface area contributed by atoms with E-state index in [0.29, 0.717) is 0 Å². The van der Waals surface area contributed by atoms with Gasteiger partial charge in [-0.2, -0.15) is 0 Å². The molecule has 0 spiro atoms. The molecule has 0 amide bonds. The average Bonchev–Trinajstić information content (AvgIpc) is 2.46. The third kappa shape index (κ3) is 15.7. The van der Waals surface area contributed by atoms with Crippen LogP contribution in [0.15, 0.2) is 12.2 Å². The Morgan fingerprint density at radius 3 is 1.80 bits per heavy atom. The number of carbonyl (C=O) groups is 1. The van der Waals surface area contributed by atoms with Crippen LogP contribution in [0, 0.1) is 0 Å². The van der Waals surface area contributed by atoms with Crippen molar-refractivity contribution in [2.24, 2.45) is 0 Å². The van der Waals surface area contributed by atoms with Gasteiger partial charge in [-0.1, -0.05) is 6.58 Å². The molecular formula is C6H9NaO3. The number of hydrogen-bond donors (Lipinski definition) is 0. The zero-order valence-electron chi connectivity index (χ0n) is 6.35. The van der Waals surface area contributed by atoms with Crippen molar-refractivity contribution in [2.75, 3.05) is 13.2 Å². The van der Waals surface area contributed by atoms with Crippen molar-refractivity contribution in [1.29, 1.82) is 0 Å². The average molecular weight is 152 g/mol. The maximum absolute atomic E-state index is 9.49. The summed E-state index contributed by atoms with van der Waals surface area (Å²) in [6.45, 7) is 6.48.